The van der Waals surface area contributed by atoms with Crippen molar-refractivity contribution >= 4 is 16.9 Å². The number of unbranched alkanes of at least 4 members (excludes halogenated alkanes) is 9. The summed E-state index contributed by atoms with van der Waals surface area (Å²) in [6, 6.07) is 17.6. The van der Waals surface area contributed by atoms with Gasteiger partial charge in [0.25, 0.3) is 0 Å². The summed E-state index contributed by atoms with van der Waals surface area (Å²) < 4.78 is 35.5. The van der Waals surface area contributed by atoms with Gasteiger partial charge in [0.2, 0.25) is 0 Å². The monoisotopic (exact) mass is 574 g/mol. The van der Waals surface area contributed by atoms with Gasteiger partial charge in [0.1, 0.15) is 0 Å². The summed E-state index contributed by atoms with van der Waals surface area (Å²) in [6.45, 7) is 9.59. The predicted octanol–water partition coefficient (Wildman–Crippen LogP) is 10.8. The third kappa shape index (κ3) is 9.55. The molecule has 0 radical (unpaired) electrons. The average molecular weight is 575 g/mol. The number of hydrogen-bond donors (Lipinski definition) is 0. The fourth-order valence-corrected chi connectivity index (χ4v) is 16.2. The van der Waals surface area contributed by atoms with Crippen LogP contribution in [0.25, 0.3) is 0 Å². The zero-order valence-electron chi connectivity index (χ0n) is 25.2. The van der Waals surface area contributed by atoms with Crippen LogP contribution in [0.3, 0.4) is 0 Å². The Morgan fingerprint density at radius 1 is 0.718 bits per heavy atom. The first kappa shape index (κ1) is 33.7. The molecular formula is C34H55O3PS. The standard InChI is InChI=1S/C34H55O3PS/c1-6-10-13-19-28-38(29-20-14-11-7-2,30-21-15-12-8-3,34(9-4)32-22-17-16-18-23-32)37-39(35,36)33-26-24-31(5)25-27-33/h9,16-18,22-27,34H,4,6-8,10-15,19-21,28-30H2,1-3,5H3. The van der Waals surface area contributed by atoms with Gasteiger partial charge in [0, 0.05) is 0 Å². The van der Waals surface area contributed by atoms with Crippen LogP contribution in [0.2, 0.25) is 0 Å². The van der Waals surface area contributed by atoms with Gasteiger partial charge in [-0.25, -0.2) is 0 Å². The molecule has 0 aliphatic heterocycles. The van der Waals surface area contributed by atoms with Crippen molar-refractivity contribution in [1.29, 1.82) is 0 Å². The molecule has 0 saturated heterocycles. The van der Waals surface area contributed by atoms with E-state index < -0.39 is 16.9 Å². The molecule has 0 heterocycles. The van der Waals surface area contributed by atoms with Crippen molar-refractivity contribution in [3.8, 4) is 0 Å². The summed E-state index contributed by atoms with van der Waals surface area (Å²) in [5.41, 5.74) is 2.08. The summed E-state index contributed by atoms with van der Waals surface area (Å²) in [5.74, 6) is 0. The molecule has 0 saturated carbocycles. The van der Waals surface area contributed by atoms with Crippen LogP contribution >= 0.6 is 6.83 Å². The summed E-state index contributed by atoms with van der Waals surface area (Å²) in [6.07, 6.45) is 17.8. The van der Waals surface area contributed by atoms with Crippen LogP contribution in [-0.4, -0.2) is 26.9 Å². The first-order valence-corrected chi connectivity index (χ1v) is 19.7. The normalized spacial score (nSPS) is 14.0. The molecule has 0 fully saturated rings. The van der Waals surface area contributed by atoms with Crippen LogP contribution < -0.4 is 0 Å². The number of rotatable bonds is 21. The minimum atomic E-state index is -3.97. The molecule has 0 aliphatic carbocycles. The van der Waals surface area contributed by atoms with Crippen LogP contribution in [0.4, 0.5) is 0 Å². The molecule has 39 heavy (non-hydrogen) atoms. The van der Waals surface area contributed by atoms with Crippen LogP contribution in [0, 0.1) is 6.92 Å². The number of allylic oxidation sites excluding steroid dienone is 1. The SMILES string of the molecule is C=CC(c1ccccc1)P(CCCCCC)(CCCCCC)(CCCCCC)OS(=O)(=O)c1ccc(C)cc1. The van der Waals surface area contributed by atoms with Gasteiger partial charge in [-0.05, 0) is 0 Å². The number of aryl methyl sites for hydroxylation is 1. The molecule has 2 aromatic rings. The maximum atomic E-state index is 14.3. The van der Waals surface area contributed by atoms with Crippen LogP contribution in [-0.2, 0) is 14.1 Å². The molecule has 2 aromatic carbocycles. The van der Waals surface area contributed by atoms with Crippen LogP contribution in [0.1, 0.15) is 115 Å². The van der Waals surface area contributed by atoms with E-state index in [0.717, 1.165) is 107 Å². The molecule has 0 spiro atoms. The van der Waals surface area contributed by atoms with Crippen molar-refractivity contribution in [1.82, 2.24) is 0 Å². The second-order valence-corrected chi connectivity index (χ2v) is 18.8. The van der Waals surface area contributed by atoms with Gasteiger partial charge in [-0.1, -0.05) is 0 Å². The summed E-state index contributed by atoms with van der Waals surface area (Å²) in [5, 5.41) is 0. The molecule has 1 unspecified atom stereocenters. The summed E-state index contributed by atoms with van der Waals surface area (Å²) in [7, 11) is -3.97. The molecule has 0 amide bonds. The molecule has 2 rings (SSSR count). The van der Waals surface area contributed by atoms with E-state index >= 15 is 0 Å². The molecule has 0 bridgehead atoms. The summed E-state index contributed by atoms with van der Waals surface area (Å²) >= 11 is 0. The van der Waals surface area contributed by atoms with Gasteiger partial charge in [0.05, 0.1) is 0 Å². The van der Waals surface area contributed by atoms with E-state index in [0.29, 0.717) is 0 Å². The van der Waals surface area contributed by atoms with Crippen LogP contribution in [0.5, 0.6) is 0 Å². The molecular weight excluding hydrogens is 519 g/mol. The molecule has 3 nitrogen and oxygen atoms in total. The minimum absolute atomic E-state index is 0.109. The molecule has 0 aromatic heterocycles. The second kappa shape index (κ2) is 16.7. The van der Waals surface area contributed by atoms with Crippen molar-refractivity contribution in [3.05, 3.63) is 78.4 Å². The topological polar surface area (TPSA) is 43.4 Å². The van der Waals surface area contributed by atoms with E-state index in [1.165, 1.54) is 0 Å². The Labute approximate surface area is 241 Å². The van der Waals surface area contributed by atoms with E-state index in [-0.39, 0.29) is 10.6 Å². The zero-order chi connectivity index (χ0) is 28.6. The molecule has 220 valence electrons. The number of hydrogen-bond acceptors (Lipinski definition) is 3. The fourth-order valence-electron chi connectivity index (χ4n) is 6.11. The van der Waals surface area contributed by atoms with Crippen molar-refractivity contribution in [3.63, 3.8) is 0 Å². The summed E-state index contributed by atoms with van der Waals surface area (Å²) in [4.78, 5) is 0.272. The molecule has 0 aliphatic rings. The first-order chi connectivity index (χ1) is 18.8. The van der Waals surface area contributed by atoms with E-state index in [1.54, 1.807) is 12.1 Å². The average Bonchev–Trinajstić information content (AvgIpc) is 2.93. The van der Waals surface area contributed by atoms with E-state index in [9.17, 15) is 8.42 Å². The van der Waals surface area contributed by atoms with Crippen LogP contribution in [0.15, 0.2) is 72.1 Å². The van der Waals surface area contributed by atoms with Crippen molar-refractivity contribution in [2.75, 3.05) is 18.5 Å². The molecule has 5 heteroatoms. The first-order valence-electron chi connectivity index (χ1n) is 15.5. The Morgan fingerprint density at radius 3 is 1.59 bits per heavy atom. The molecule has 0 N–H and O–H groups in total. The Morgan fingerprint density at radius 2 is 1.18 bits per heavy atom. The second-order valence-electron chi connectivity index (χ2n) is 11.5. The van der Waals surface area contributed by atoms with E-state index in [4.69, 9.17) is 3.97 Å². The van der Waals surface area contributed by atoms with Crippen molar-refractivity contribution in [2.24, 2.45) is 0 Å². The van der Waals surface area contributed by atoms with E-state index in [1.807, 2.05) is 31.2 Å². The third-order valence-corrected chi connectivity index (χ3v) is 17.7. The fraction of sp³-hybridized carbons (Fsp3) is 0.588. The predicted molar refractivity (Wildman–Crippen MR) is 173 cm³/mol. The Bertz CT molecular complexity index is 1030. The van der Waals surface area contributed by atoms with Crippen molar-refractivity contribution < 1.29 is 12.4 Å². The van der Waals surface area contributed by atoms with Gasteiger partial charge in [-0.3, -0.25) is 0 Å². The zero-order valence-corrected chi connectivity index (χ0v) is 27.0. The quantitative estimate of drug-likeness (QED) is 0.0846. The molecule has 1 atom stereocenters. The van der Waals surface area contributed by atoms with Gasteiger partial charge < -0.3 is 0 Å². The van der Waals surface area contributed by atoms with Gasteiger partial charge >= 0.3 is 242 Å². The van der Waals surface area contributed by atoms with E-state index in [2.05, 4.69) is 51.6 Å². The van der Waals surface area contributed by atoms with Gasteiger partial charge in [-0.15, -0.1) is 0 Å². The van der Waals surface area contributed by atoms with Crippen molar-refractivity contribution in [2.45, 2.75) is 115 Å². The Balaban J connectivity index is 2.78. The number of benzene rings is 2. The van der Waals surface area contributed by atoms with Gasteiger partial charge in [-0.2, -0.15) is 0 Å². The maximum absolute atomic E-state index is 14.3. The van der Waals surface area contributed by atoms with Gasteiger partial charge in [0.15, 0.2) is 0 Å². The Hall–Kier alpha value is -1.48. The third-order valence-electron chi connectivity index (χ3n) is 8.32. The Kier molecular flexibility index (Phi) is 14.4.